The normalized spacial score (nSPS) is 10.5. The van der Waals surface area contributed by atoms with Crippen molar-refractivity contribution in [1.29, 1.82) is 0 Å². The Morgan fingerprint density at radius 3 is 2.76 bits per heavy atom. The number of carbonyl (C=O) groups is 1. The summed E-state index contributed by atoms with van der Waals surface area (Å²) in [6.07, 6.45) is 1.13. The molecule has 0 amide bonds. The highest BCUT2D eigenvalue weighted by atomic mass is 19.1. The van der Waals surface area contributed by atoms with Crippen LogP contribution in [0.4, 0.5) is 10.1 Å². The molecule has 0 atom stereocenters. The van der Waals surface area contributed by atoms with Crippen LogP contribution in [-0.2, 0) is 4.74 Å². The number of fused-ring (bicyclic) bond motifs is 1. The molecule has 1 heterocycles. The van der Waals surface area contributed by atoms with E-state index in [4.69, 9.17) is 4.74 Å². The molecule has 0 bridgehead atoms. The molecule has 8 nitrogen and oxygen atoms in total. The zero-order chi connectivity index (χ0) is 18.0. The van der Waals surface area contributed by atoms with Gasteiger partial charge in [-0.25, -0.2) is 19.2 Å². The number of hydrogen-bond acceptors (Lipinski definition) is 7. The third-order valence-corrected chi connectivity index (χ3v) is 3.36. The van der Waals surface area contributed by atoms with Crippen LogP contribution in [0.3, 0.4) is 0 Å². The van der Waals surface area contributed by atoms with Crippen molar-refractivity contribution in [3.63, 3.8) is 0 Å². The molecule has 0 saturated carbocycles. The van der Waals surface area contributed by atoms with Gasteiger partial charge >= 0.3 is 5.97 Å². The molecular weight excluding hydrogens is 333 g/mol. The number of benzene rings is 2. The van der Waals surface area contributed by atoms with Crippen molar-refractivity contribution in [2.45, 2.75) is 0 Å². The first-order valence-corrected chi connectivity index (χ1v) is 6.95. The predicted octanol–water partition coefficient (Wildman–Crippen LogP) is 3.26. The van der Waals surface area contributed by atoms with Crippen molar-refractivity contribution < 1.29 is 23.6 Å². The number of para-hydroxylation sites is 1. The lowest BCUT2D eigenvalue weighted by atomic mass is 10.1. The lowest BCUT2D eigenvalue weighted by Gasteiger charge is -2.09. The lowest BCUT2D eigenvalue weighted by Crippen LogP contribution is -2.06. The summed E-state index contributed by atoms with van der Waals surface area (Å²) in [6, 6.07) is 7.88. The van der Waals surface area contributed by atoms with Crippen molar-refractivity contribution >= 4 is 22.6 Å². The van der Waals surface area contributed by atoms with Crippen molar-refractivity contribution in [1.82, 2.24) is 9.97 Å². The summed E-state index contributed by atoms with van der Waals surface area (Å²) in [4.78, 5) is 29.9. The summed E-state index contributed by atoms with van der Waals surface area (Å²) in [5.74, 6) is -1.26. The number of esters is 1. The first-order chi connectivity index (χ1) is 12.0. The summed E-state index contributed by atoms with van der Waals surface area (Å²) >= 11 is 0. The van der Waals surface area contributed by atoms with E-state index in [0.717, 1.165) is 25.6 Å². The molecule has 126 valence electrons. The number of ether oxygens (including phenoxy) is 2. The number of carbonyl (C=O) groups excluding carboxylic acids is 1. The molecule has 0 aliphatic heterocycles. The minimum atomic E-state index is -0.879. The van der Waals surface area contributed by atoms with E-state index in [9.17, 15) is 19.3 Å². The first kappa shape index (κ1) is 16.2. The molecule has 1 aromatic heterocycles. The number of methoxy groups -OCH3 is 1. The quantitative estimate of drug-likeness (QED) is 0.407. The number of aromatic nitrogens is 2. The van der Waals surface area contributed by atoms with Gasteiger partial charge in [-0.05, 0) is 18.2 Å². The zero-order valence-electron chi connectivity index (χ0n) is 12.8. The second kappa shape index (κ2) is 6.48. The number of nitro groups is 1. The third-order valence-electron chi connectivity index (χ3n) is 3.36. The molecule has 0 radical (unpaired) electrons. The van der Waals surface area contributed by atoms with Crippen molar-refractivity contribution in [2.24, 2.45) is 0 Å². The summed E-state index contributed by atoms with van der Waals surface area (Å²) in [5.41, 5.74) is -0.616. The lowest BCUT2D eigenvalue weighted by molar-refractivity contribution is -0.385. The highest BCUT2D eigenvalue weighted by Gasteiger charge is 2.22. The average molecular weight is 343 g/mol. The Hall–Kier alpha value is -3.62. The zero-order valence-corrected chi connectivity index (χ0v) is 12.8. The average Bonchev–Trinajstić information content (AvgIpc) is 2.61. The van der Waals surface area contributed by atoms with E-state index in [1.807, 2.05) is 0 Å². The topological polar surface area (TPSA) is 104 Å². The van der Waals surface area contributed by atoms with Gasteiger partial charge in [0.1, 0.15) is 29.0 Å². The van der Waals surface area contributed by atoms with Crippen LogP contribution in [0, 0.1) is 15.9 Å². The van der Waals surface area contributed by atoms with E-state index >= 15 is 0 Å². The standard InChI is InChI=1S/C16H10FN3O5/c1-24-16(21)11-7-9(5-6-13(11)20(22)23)25-15-10-3-2-4-12(17)14(10)18-8-19-15/h2-8H,1H3. The summed E-state index contributed by atoms with van der Waals surface area (Å²) in [6.45, 7) is 0. The highest BCUT2D eigenvalue weighted by Crippen LogP contribution is 2.31. The van der Waals surface area contributed by atoms with Gasteiger partial charge in [0.05, 0.1) is 17.4 Å². The third kappa shape index (κ3) is 3.07. The highest BCUT2D eigenvalue weighted by molar-refractivity contribution is 5.94. The molecule has 2 aromatic carbocycles. The molecule has 25 heavy (non-hydrogen) atoms. The number of halogens is 1. The Labute approximate surface area is 140 Å². The Bertz CT molecular complexity index is 993. The summed E-state index contributed by atoms with van der Waals surface area (Å²) in [7, 11) is 1.11. The van der Waals surface area contributed by atoms with Crippen LogP contribution in [0.5, 0.6) is 11.6 Å². The molecule has 0 aliphatic carbocycles. The number of nitro benzene ring substituents is 1. The number of nitrogens with zero attached hydrogens (tertiary/aromatic N) is 3. The van der Waals surface area contributed by atoms with E-state index < -0.39 is 22.4 Å². The Balaban J connectivity index is 2.06. The molecule has 0 unspecified atom stereocenters. The molecule has 3 aromatic rings. The second-order valence-corrected chi connectivity index (χ2v) is 4.84. The van der Waals surface area contributed by atoms with Crippen LogP contribution >= 0.6 is 0 Å². The van der Waals surface area contributed by atoms with Gasteiger partial charge in [-0.1, -0.05) is 6.07 Å². The predicted molar refractivity (Wildman–Crippen MR) is 84.0 cm³/mol. The second-order valence-electron chi connectivity index (χ2n) is 4.84. The van der Waals surface area contributed by atoms with Gasteiger partial charge in [-0.15, -0.1) is 0 Å². The molecule has 0 spiro atoms. The van der Waals surface area contributed by atoms with Crippen molar-refractivity contribution in [3.05, 3.63) is 64.2 Å². The molecule has 0 saturated heterocycles. The van der Waals surface area contributed by atoms with Gasteiger partial charge in [-0.2, -0.15) is 0 Å². The van der Waals surface area contributed by atoms with Gasteiger partial charge < -0.3 is 9.47 Å². The van der Waals surface area contributed by atoms with Gasteiger partial charge in [-0.3, -0.25) is 10.1 Å². The number of rotatable bonds is 4. The largest absolute Gasteiger partial charge is 0.465 e. The molecule has 3 rings (SSSR count). The van der Waals surface area contributed by atoms with Gasteiger partial charge in [0.25, 0.3) is 5.69 Å². The molecular formula is C16H10FN3O5. The van der Waals surface area contributed by atoms with Crippen LogP contribution in [0.1, 0.15) is 10.4 Å². The van der Waals surface area contributed by atoms with Crippen LogP contribution in [0.2, 0.25) is 0 Å². The Morgan fingerprint density at radius 2 is 2.04 bits per heavy atom. The molecule has 0 fully saturated rings. The van der Waals surface area contributed by atoms with E-state index in [-0.39, 0.29) is 22.7 Å². The van der Waals surface area contributed by atoms with E-state index in [1.54, 1.807) is 6.07 Å². The van der Waals surface area contributed by atoms with E-state index in [0.29, 0.717) is 5.39 Å². The molecule has 9 heteroatoms. The monoisotopic (exact) mass is 343 g/mol. The molecule has 0 N–H and O–H groups in total. The van der Waals surface area contributed by atoms with Crippen LogP contribution in [-0.4, -0.2) is 28.0 Å². The maximum atomic E-state index is 13.8. The Morgan fingerprint density at radius 1 is 1.24 bits per heavy atom. The minimum Gasteiger partial charge on any atom is -0.465 e. The summed E-state index contributed by atoms with van der Waals surface area (Å²) in [5, 5.41) is 11.3. The van der Waals surface area contributed by atoms with Crippen molar-refractivity contribution in [2.75, 3.05) is 7.11 Å². The van der Waals surface area contributed by atoms with Crippen LogP contribution < -0.4 is 4.74 Å². The van der Waals surface area contributed by atoms with Gasteiger partial charge in [0.2, 0.25) is 5.88 Å². The maximum absolute atomic E-state index is 13.8. The number of hydrogen-bond donors (Lipinski definition) is 0. The fraction of sp³-hybridized carbons (Fsp3) is 0.0625. The minimum absolute atomic E-state index is 0.0502. The fourth-order valence-corrected chi connectivity index (χ4v) is 2.23. The van der Waals surface area contributed by atoms with Crippen LogP contribution in [0.25, 0.3) is 10.9 Å². The maximum Gasteiger partial charge on any atom is 0.345 e. The van der Waals surface area contributed by atoms with Gasteiger partial charge in [0, 0.05) is 12.1 Å². The van der Waals surface area contributed by atoms with Crippen molar-refractivity contribution in [3.8, 4) is 11.6 Å². The SMILES string of the molecule is COC(=O)c1cc(Oc2ncnc3c(F)cccc23)ccc1[N+](=O)[O-]. The fourth-order valence-electron chi connectivity index (χ4n) is 2.23. The Kier molecular flexibility index (Phi) is 4.21. The van der Waals surface area contributed by atoms with Crippen LogP contribution in [0.15, 0.2) is 42.7 Å². The van der Waals surface area contributed by atoms with E-state index in [1.165, 1.54) is 18.2 Å². The molecule has 0 aliphatic rings. The smallest absolute Gasteiger partial charge is 0.345 e. The first-order valence-electron chi connectivity index (χ1n) is 6.95. The van der Waals surface area contributed by atoms with Gasteiger partial charge in [0.15, 0.2) is 0 Å². The van der Waals surface area contributed by atoms with E-state index in [2.05, 4.69) is 14.7 Å². The summed E-state index contributed by atoms with van der Waals surface area (Å²) < 4.78 is 23.9.